The Bertz CT molecular complexity index is 1360. The average Bonchev–Trinajstić information content (AvgIpc) is 3.48. The van der Waals surface area contributed by atoms with Crippen molar-refractivity contribution in [1.29, 1.82) is 0 Å². The fourth-order valence-electron chi connectivity index (χ4n) is 3.56. The van der Waals surface area contributed by atoms with Gasteiger partial charge in [0.25, 0.3) is 0 Å². The second kappa shape index (κ2) is 9.18. The Kier molecular flexibility index (Phi) is 5.93. The van der Waals surface area contributed by atoms with Crippen LogP contribution in [-0.2, 0) is 4.79 Å². The number of rotatable bonds is 6. The minimum Gasteiger partial charge on any atom is -0.454 e. The van der Waals surface area contributed by atoms with E-state index in [1.165, 1.54) is 17.3 Å². The Morgan fingerprint density at radius 1 is 1.00 bits per heavy atom. The van der Waals surface area contributed by atoms with E-state index < -0.39 is 5.25 Å². The Balaban J connectivity index is 1.43. The van der Waals surface area contributed by atoms with Crippen molar-refractivity contribution in [2.75, 3.05) is 12.1 Å². The summed E-state index contributed by atoms with van der Waals surface area (Å²) < 4.78 is 12.7. The summed E-state index contributed by atoms with van der Waals surface area (Å²) in [5.74, 6) is 1.83. The molecule has 0 aliphatic carbocycles. The van der Waals surface area contributed by atoms with E-state index in [2.05, 4.69) is 46.5 Å². The van der Waals surface area contributed by atoms with Crippen molar-refractivity contribution in [1.82, 2.24) is 19.7 Å². The van der Waals surface area contributed by atoms with Gasteiger partial charge in [0.15, 0.2) is 22.5 Å². The summed E-state index contributed by atoms with van der Waals surface area (Å²) in [7, 11) is 0. The third kappa shape index (κ3) is 4.34. The predicted molar refractivity (Wildman–Crippen MR) is 131 cm³/mol. The Hall–Kier alpha value is -3.85. The molecule has 8 nitrogen and oxygen atoms in total. The molecule has 4 aromatic rings. The molecule has 1 unspecified atom stereocenters. The lowest BCUT2D eigenvalue weighted by Gasteiger charge is -2.15. The van der Waals surface area contributed by atoms with Gasteiger partial charge in [-0.15, -0.1) is 10.2 Å². The molecule has 1 aliphatic rings. The molecule has 0 saturated heterocycles. The number of aromatic nitrogens is 4. The molecule has 9 heteroatoms. The zero-order valence-corrected chi connectivity index (χ0v) is 19.8. The zero-order chi connectivity index (χ0) is 23.7. The number of benzene rings is 2. The maximum absolute atomic E-state index is 13.0. The van der Waals surface area contributed by atoms with Crippen LogP contribution in [0.4, 0.5) is 5.69 Å². The number of carbonyl (C=O) groups excluding carboxylic acids is 1. The highest BCUT2D eigenvalue weighted by Crippen LogP contribution is 2.35. The first-order valence-corrected chi connectivity index (χ1v) is 11.7. The molecule has 0 fully saturated rings. The number of carbonyl (C=O) groups is 1. The van der Waals surface area contributed by atoms with Gasteiger partial charge in [0, 0.05) is 29.7 Å². The smallest absolute Gasteiger partial charge is 0.237 e. The van der Waals surface area contributed by atoms with Gasteiger partial charge >= 0.3 is 0 Å². The number of thioether (sulfide) groups is 1. The molecule has 2 aromatic heterocycles. The van der Waals surface area contributed by atoms with Gasteiger partial charge in [0.2, 0.25) is 12.7 Å². The van der Waals surface area contributed by atoms with Gasteiger partial charge in [-0.1, -0.05) is 17.8 Å². The van der Waals surface area contributed by atoms with E-state index in [-0.39, 0.29) is 12.7 Å². The number of hydrogen-bond acceptors (Lipinski definition) is 7. The normalized spacial score (nSPS) is 13.0. The molecule has 1 aliphatic heterocycles. The van der Waals surface area contributed by atoms with Crippen LogP contribution in [0.3, 0.4) is 0 Å². The maximum atomic E-state index is 13.0. The molecule has 1 amide bonds. The summed E-state index contributed by atoms with van der Waals surface area (Å²) in [6.45, 7) is 6.18. The Morgan fingerprint density at radius 3 is 2.59 bits per heavy atom. The van der Waals surface area contributed by atoms with Crippen LogP contribution < -0.4 is 14.8 Å². The SMILES string of the molecule is Cc1ccc(-n2c(SC(C)C(=O)Nc3ccc4c(c3)OCO4)nnc2-c2ccncc2)cc1C. The molecule has 3 heterocycles. The van der Waals surface area contributed by atoms with E-state index in [1.807, 2.05) is 29.7 Å². The highest BCUT2D eigenvalue weighted by molar-refractivity contribution is 8.00. The van der Waals surface area contributed by atoms with Gasteiger partial charge in [0.05, 0.1) is 10.9 Å². The van der Waals surface area contributed by atoms with Gasteiger partial charge in [-0.05, 0) is 68.3 Å². The molecular weight excluding hydrogens is 450 g/mol. The molecular formula is C25H23N5O3S. The lowest BCUT2D eigenvalue weighted by atomic mass is 10.1. The van der Waals surface area contributed by atoms with Crippen molar-refractivity contribution in [2.45, 2.75) is 31.2 Å². The van der Waals surface area contributed by atoms with Gasteiger partial charge < -0.3 is 14.8 Å². The van der Waals surface area contributed by atoms with E-state index in [0.29, 0.717) is 28.2 Å². The first-order valence-electron chi connectivity index (χ1n) is 10.8. The predicted octanol–water partition coefficient (Wildman–Crippen LogP) is 4.79. The molecule has 172 valence electrons. The molecule has 2 aromatic carbocycles. The van der Waals surface area contributed by atoms with Crippen LogP contribution >= 0.6 is 11.8 Å². The zero-order valence-electron chi connectivity index (χ0n) is 19.0. The van der Waals surface area contributed by atoms with Gasteiger partial charge in [-0.3, -0.25) is 14.3 Å². The van der Waals surface area contributed by atoms with Crippen LogP contribution in [0, 0.1) is 13.8 Å². The Labute approximate surface area is 201 Å². The summed E-state index contributed by atoms with van der Waals surface area (Å²) in [6.07, 6.45) is 3.45. The standard InChI is InChI=1S/C25H23N5O3S/c1-15-4-6-20(12-16(15)2)30-23(18-8-10-26-11-9-18)28-29-25(30)34-17(3)24(31)27-19-5-7-21-22(13-19)33-14-32-21/h4-13,17H,14H2,1-3H3,(H,27,31). The number of fused-ring (bicyclic) bond motifs is 1. The van der Waals surface area contributed by atoms with Crippen molar-refractivity contribution in [3.63, 3.8) is 0 Å². The number of amides is 1. The molecule has 1 N–H and O–H groups in total. The minimum absolute atomic E-state index is 0.149. The number of nitrogens with one attached hydrogen (secondary N) is 1. The van der Waals surface area contributed by atoms with Crippen LogP contribution in [0.25, 0.3) is 17.1 Å². The lowest BCUT2D eigenvalue weighted by molar-refractivity contribution is -0.115. The average molecular weight is 474 g/mol. The van der Waals surface area contributed by atoms with Crippen LogP contribution in [-0.4, -0.2) is 37.7 Å². The summed E-state index contributed by atoms with van der Waals surface area (Å²) in [5, 5.41) is 12.0. The van der Waals surface area contributed by atoms with Crippen LogP contribution in [0.2, 0.25) is 0 Å². The quantitative estimate of drug-likeness (QED) is 0.403. The van der Waals surface area contributed by atoms with Crippen molar-refractivity contribution < 1.29 is 14.3 Å². The fourth-order valence-corrected chi connectivity index (χ4v) is 4.43. The summed E-state index contributed by atoms with van der Waals surface area (Å²) in [4.78, 5) is 17.1. The molecule has 0 saturated carbocycles. The van der Waals surface area contributed by atoms with Crippen molar-refractivity contribution in [2.24, 2.45) is 0 Å². The van der Waals surface area contributed by atoms with E-state index in [1.54, 1.807) is 30.6 Å². The van der Waals surface area contributed by atoms with Crippen LogP contribution in [0.15, 0.2) is 66.1 Å². The first kappa shape index (κ1) is 22.0. The van der Waals surface area contributed by atoms with Crippen molar-refractivity contribution in [3.8, 4) is 28.6 Å². The lowest BCUT2D eigenvalue weighted by Crippen LogP contribution is -2.22. The third-order valence-corrected chi connectivity index (χ3v) is 6.65. The summed E-state index contributed by atoms with van der Waals surface area (Å²) in [5.41, 5.74) is 4.84. The number of ether oxygens (including phenoxy) is 2. The summed E-state index contributed by atoms with van der Waals surface area (Å²) >= 11 is 1.35. The summed E-state index contributed by atoms with van der Waals surface area (Å²) in [6, 6.07) is 15.3. The third-order valence-electron chi connectivity index (χ3n) is 5.61. The van der Waals surface area contributed by atoms with Gasteiger partial charge in [0.1, 0.15) is 0 Å². The van der Waals surface area contributed by atoms with E-state index >= 15 is 0 Å². The topological polar surface area (TPSA) is 91.2 Å². The van der Waals surface area contributed by atoms with Crippen LogP contribution in [0.1, 0.15) is 18.1 Å². The number of aryl methyl sites for hydroxylation is 2. The van der Waals surface area contributed by atoms with E-state index in [9.17, 15) is 4.79 Å². The maximum Gasteiger partial charge on any atom is 0.237 e. The molecule has 0 spiro atoms. The number of pyridine rings is 1. The number of hydrogen-bond donors (Lipinski definition) is 1. The fraction of sp³-hybridized carbons (Fsp3) is 0.200. The first-order chi connectivity index (χ1) is 16.5. The molecule has 0 bridgehead atoms. The van der Waals surface area contributed by atoms with E-state index in [0.717, 1.165) is 16.8 Å². The number of anilines is 1. The number of nitrogens with zero attached hydrogens (tertiary/aromatic N) is 4. The molecule has 34 heavy (non-hydrogen) atoms. The second-order valence-electron chi connectivity index (χ2n) is 7.96. The van der Waals surface area contributed by atoms with Gasteiger partial charge in [-0.25, -0.2) is 0 Å². The highest BCUT2D eigenvalue weighted by Gasteiger charge is 2.23. The second-order valence-corrected chi connectivity index (χ2v) is 9.27. The minimum atomic E-state index is -0.426. The van der Waals surface area contributed by atoms with Crippen molar-refractivity contribution in [3.05, 3.63) is 72.1 Å². The highest BCUT2D eigenvalue weighted by atomic mass is 32.2. The van der Waals surface area contributed by atoms with E-state index in [4.69, 9.17) is 9.47 Å². The monoisotopic (exact) mass is 473 g/mol. The van der Waals surface area contributed by atoms with Crippen LogP contribution in [0.5, 0.6) is 11.5 Å². The largest absolute Gasteiger partial charge is 0.454 e. The Morgan fingerprint density at radius 2 is 1.79 bits per heavy atom. The van der Waals surface area contributed by atoms with Gasteiger partial charge in [-0.2, -0.15) is 0 Å². The molecule has 5 rings (SSSR count). The van der Waals surface area contributed by atoms with Crippen molar-refractivity contribution >= 4 is 23.4 Å². The molecule has 0 radical (unpaired) electrons. The molecule has 1 atom stereocenters.